The topological polar surface area (TPSA) is 69.7 Å². The number of benzene rings is 1. The van der Waals surface area contributed by atoms with Gasteiger partial charge in [0.1, 0.15) is 0 Å². The van der Waals surface area contributed by atoms with Crippen molar-refractivity contribution in [1.82, 2.24) is 0 Å². The van der Waals surface area contributed by atoms with Crippen LogP contribution in [0.3, 0.4) is 0 Å². The van der Waals surface area contributed by atoms with Gasteiger partial charge in [-0.05, 0) is 38.5 Å². The van der Waals surface area contributed by atoms with Crippen LogP contribution in [-0.2, 0) is 23.4 Å². The van der Waals surface area contributed by atoms with Crippen LogP contribution in [0.1, 0.15) is 32.0 Å². The van der Waals surface area contributed by atoms with E-state index in [1.807, 2.05) is 0 Å². The molecule has 1 atom stereocenters. The van der Waals surface area contributed by atoms with Crippen molar-refractivity contribution in [2.75, 3.05) is 19.5 Å². The molecule has 0 aliphatic rings. The van der Waals surface area contributed by atoms with Crippen molar-refractivity contribution in [3.05, 3.63) is 29.8 Å². The van der Waals surface area contributed by atoms with Gasteiger partial charge in [0.05, 0.1) is 23.8 Å². The smallest absolute Gasteiger partial charge is 0.308 e. The number of rotatable bonds is 7. The Hall–Kier alpha value is -0.680. The van der Waals surface area contributed by atoms with Crippen LogP contribution in [0.4, 0.5) is 0 Å². The summed E-state index contributed by atoms with van der Waals surface area (Å²) in [4.78, 5) is 0.233. The van der Waals surface area contributed by atoms with Crippen molar-refractivity contribution in [2.45, 2.75) is 31.3 Å². The second-order valence-electron chi connectivity index (χ2n) is 4.39. The van der Waals surface area contributed by atoms with Crippen LogP contribution < -0.4 is 0 Å². The third-order valence-electron chi connectivity index (χ3n) is 2.88. The molecule has 114 valence electrons. The first-order valence-electron chi connectivity index (χ1n) is 6.43. The maximum absolute atomic E-state index is 12.6. The van der Waals surface area contributed by atoms with E-state index < -0.39 is 23.1 Å². The number of sulfone groups is 1. The number of hydrogen-bond donors (Lipinski definition) is 0. The molecule has 0 amide bonds. The predicted octanol–water partition coefficient (Wildman–Crippen LogP) is 3.42. The average molecular weight is 320 g/mol. The SMILES string of the molecule is CCOP(=O)(OCC)C(C)c1ccc(S(C)(=O)=O)cc1. The lowest BCUT2D eigenvalue weighted by Gasteiger charge is -2.23. The first-order valence-corrected chi connectivity index (χ1v) is 9.93. The molecule has 0 aliphatic carbocycles. The molecule has 1 rings (SSSR count). The van der Waals surface area contributed by atoms with Crippen molar-refractivity contribution in [3.63, 3.8) is 0 Å². The van der Waals surface area contributed by atoms with Crippen molar-refractivity contribution in [1.29, 1.82) is 0 Å². The minimum absolute atomic E-state index is 0.233. The summed E-state index contributed by atoms with van der Waals surface area (Å²) in [5.41, 5.74) is 0.277. The third kappa shape index (κ3) is 4.16. The van der Waals surface area contributed by atoms with E-state index >= 15 is 0 Å². The Labute approximate surface area is 120 Å². The Morgan fingerprint density at radius 2 is 1.55 bits per heavy atom. The summed E-state index contributed by atoms with van der Waals surface area (Å²) < 4.78 is 46.1. The highest BCUT2D eigenvalue weighted by Crippen LogP contribution is 2.60. The first kappa shape index (κ1) is 17.4. The fraction of sp³-hybridized carbons (Fsp3) is 0.538. The molecule has 0 bridgehead atoms. The largest absolute Gasteiger partial charge is 0.337 e. The molecule has 1 unspecified atom stereocenters. The Morgan fingerprint density at radius 1 is 1.10 bits per heavy atom. The van der Waals surface area contributed by atoms with Gasteiger partial charge in [0.2, 0.25) is 0 Å². The van der Waals surface area contributed by atoms with Gasteiger partial charge in [-0.15, -0.1) is 0 Å². The third-order valence-corrected chi connectivity index (χ3v) is 6.49. The molecule has 1 aromatic rings. The quantitative estimate of drug-likeness (QED) is 0.720. The molecule has 0 spiro atoms. The van der Waals surface area contributed by atoms with Gasteiger partial charge in [0, 0.05) is 6.26 Å². The van der Waals surface area contributed by atoms with Gasteiger partial charge in [-0.1, -0.05) is 12.1 Å². The van der Waals surface area contributed by atoms with Gasteiger partial charge < -0.3 is 9.05 Å². The van der Waals surface area contributed by atoms with E-state index in [0.29, 0.717) is 13.2 Å². The van der Waals surface area contributed by atoms with Crippen molar-refractivity contribution >= 4 is 17.4 Å². The van der Waals surface area contributed by atoms with Crippen LogP contribution in [0.15, 0.2) is 29.2 Å². The second kappa shape index (κ2) is 6.85. The standard InChI is InChI=1S/C13H21O5PS/c1-5-17-19(14,18-6-2)11(3)12-7-9-13(10-8-12)20(4,15)16/h7-11H,5-6H2,1-4H3. The van der Waals surface area contributed by atoms with Gasteiger partial charge in [-0.2, -0.15) is 0 Å². The Bertz CT molecular complexity index is 569. The van der Waals surface area contributed by atoms with Gasteiger partial charge in [0.15, 0.2) is 9.84 Å². The van der Waals surface area contributed by atoms with Crippen molar-refractivity contribution in [2.24, 2.45) is 0 Å². The summed E-state index contributed by atoms with van der Waals surface area (Å²) in [7, 11) is -6.47. The van der Waals surface area contributed by atoms with Crippen LogP contribution in [0.5, 0.6) is 0 Å². The average Bonchev–Trinajstić information content (AvgIpc) is 2.37. The van der Waals surface area contributed by atoms with Crippen LogP contribution in [-0.4, -0.2) is 27.9 Å². The zero-order valence-corrected chi connectivity index (χ0v) is 13.9. The van der Waals surface area contributed by atoms with E-state index in [1.54, 1.807) is 32.9 Å². The minimum Gasteiger partial charge on any atom is -0.308 e. The van der Waals surface area contributed by atoms with E-state index in [-0.39, 0.29) is 4.90 Å². The molecular formula is C13H21O5PS. The zero-order valence-electron chi connectivity index (χ0n) is 12.2. The highest BCUT2D eigenvalue weighted by Gasteiger charge is 2.33. The fourth-order valence-corrected chi connectivity index (χ4v) is 4.21. The molecule has 0 aromatic heterocycles. The van der Waals surface area contributed by atoms with Crippen LogP contribution in [0, 0.1) is 0 Å². The molecule has 0 N–H and O–H groups in total. The van der Waals surface area contributed by atoms with Crippen LogP contribution in [0.25, 0.3) is 0 Å². The maximum Gasteiger partial charge on any atom is 0.337 e. The molecule has 0 radical (unpaired) electrons. The Balaban J connectivity index is 3.07. The molecule has 7 heteroatoms. The molecular weight excluding hydrogens is 299 g/mol. The summed E-state index contributed by atoms with van der Waals surface area (Å²) in [5.74, 6) is 0. The normalized spacial score (nSPS) is 14.2. The Morgan fingerprint density at radius 3 is 1.90 bits per heavy atom. The van der Waals surface area contributed by atoms with E-state index in [9.17, 15) is 13.0 Å². The second-order valence-corrected chi connectivity index (χ2v) is 8.78. The lowest BCUT2D eigenvalue weighted by atomic mass is 10.2. The van der Waals surface area contributed by atoms with Crippen LogP contribution >= 0.6 is 7.60 Å². The van der Waals surface area contributed by atoms with Gasteiger partial charge in [-0.25, -0.2) is 8.42 Å². The van der Waals surface area contributed by atoms with E-state index in [2.05, 4.69) is 0 Å². The summed E-state index contributed by atoms with van der Waals surface area (Å²) in [6.45, 7) is 5.85. The fourth-order valence-electron chi connectivity index (χ4n) is 1.80. The Kier molecular flexibility index (Phi) is 5.95. The summed E-state index contributed by atoms with van der Waals surface area (Å²) >= 11 is 0. The molecule has 20 heavy (non-hydrogen) atoms. The van der Waals surface area contributed by atoms with Gasteiger partial charge >= 0.3 is 7.60 Å². The molecule has 0 heterocycles. The van der Waals surface area contributed by atoms with Gasteiger partial charge in [-0.3, -0.25) is 4.57 Å². The monoisotopic (exact) mass is 320 g/mol. The highest BCUT2D eigenvalue weighted by molar-refractivity contribution is 7.90. The van der Waals surface area contributed by atoms with E-state index in [1.165, 1.54) is 12.1 Å². The molecule has 0 fully saturated rings. The number of hydrogen-bond acceptors (Lipinski definition) is 5. The van der Waals surface area contributed by atoms with Gasteiger partial charge in [0.25, 0.3) is 0 Å². The van der Waals surface area contributed by atoms with Crippen molar-refractivity contribution in [3.8, 4) is 0 Å². The van der Waals surface area contributed by atoms with Crippen molar-refractivity contribution < 1.29 is 22.0 Å². The van der Waals surface area contributed by atoms with E-state index in [0.717, 1.165) is 11.8 Å². The molecule has 5 nitrogen and oxygen atoms in total. The molecule has 0 saturated carbocycles. The molecule has 0 aliphatic heterocycles. The van der Waals surface area contributed by atoms with E-state index in [4.69, 9.17) is 9.05 Å². The minimum atomic E-state index is -3.24. The molecule has 1 aromatic carbocycles. The predicted molar refractivity (Wildman–Crippen MR) is 78.8 cm³/mol. The highest BCUT2D eigenvalue weighted by atomic mass is 32.2. The summed E-state index contributed by atoms with van der Waals surface area (Å²) in [5, 5.41) is 0. The summed E-state index contributed by atoms with van der Waals surface area (Å²) in [6.07, 6.45) is 1.15. The summed E-state index contributed by atoms with van der Waals surface area (Å²) in [6, 6.07) is 6.30. The molecule has 0 saturated heterocycles. The van der Waals surface area contributed by atoms with Crippen LogP contribution in [0.2, 0.25) is 0 Å². The lowest BCUT2D eigenvalue weighted by Crippen LogP contribution is -2.04. The lowest BCUT2D eigenvalue weighted by molar-refractivity contribution is 0.213. The zero-order chi connectivity index (χ0) is 15.4. The first-order chi connectivity index (χ1) is 9.24. The maximum atomic E-state index is 12.6.